The van der Waals surface area contributed by atoms with Gasteiger partial charge in [0.1, 0.15) is 11.0 Å². The van der Waals surface area contributed by atoms with Crippen molar-refractivity contribution in [2.45, 2.75) is 13.3 Å². The summed E-state index contributed by atoms with van der Waals surface area (Å²) in [7, 11) is 1.77. The quantitative estimate of drug-likeness (QED) is 0.802. The maximum atomic E-state index is 11.2. The van der Waals surface area contributed by atoms with Gasteiger partial charge in [-0.1, -0.05) is 6.92 Å². The van der Waals surface area contributed by atoms with Gasteiger partial charge in [0.2, 0.25) is 5.91 Å². The van der Waals surface area contributed by atoms with E-state index in [-0.39, 0.29) is 5.91 Å². The summed E-state index contributed by atoms with van der Waals surface area (Å²) in [6.45, 7) is 1.82. The van der Waals surface area contributed by atoms with Crippen molar-refractivity contribution >= 4 is 22.6 Å². The zero-order valence-corrected chi connectivity index (χ0v) is 8.69. The second-order valence-corrected chi connectivity index (χ2v) is 3.29. The lowest BCUT2D eigenvalue weighted by atomic mass is 10.2. The number of nitrogens with one attached hydrogen (secondary N) is 1. The van der Waals surface area contributed by atoms with Crippen molar-refractivity contribution in [3.8, 4) is 0 Å². The molecule has 15 heavy (non-hydrogen) atoms. The highest BCUT2D eigenvalue weighted by Crippen LogP contribution is 2.15. The van der Waals surface area contributed by atoms with Crippen LogP contribution in [0.2, 0.25) is 0 Å². The van der Waals surface area contributed by atoms with Crippen LogP contribution >= 0.6 is 0 Å². The van der Waals surface area contributed by atoms with Gasteiger partial charge in [-0.2, -0.15) is 15.0 Å². The number of carbonyl (C=O) groups is 1. The highest BCUT2D eigenvalue weighted by atomic mass is 16.1. The first-order valence-corrected chi connectivity index (χ1v) is 4.80. The maximum Gasteiger partial charge on any atom is 0.224 e. The Kier molecular flexibility index (Phi) is 2.37. The number of rotatable bonds is 2. The van der Waals surface area contributed by atoms with Crippen LogP contribution in [0.5, 0.6) is 0 Å². The van der Waals surface area contributed by atoms with Gasteiger partial charge >= 0.3 is 0 Å². The second-order valence-electron chi connectivity index (χ2n) is 3.29. The van der Waals surface area contributed by atoms with Gasteiger partial charge in [-0.3, -0.25) is 4.79 Å². The summed E-state index contributed by atoms with van der Waals surface area (Å²) in [6, 6.07) is 5.48. The number of carbonyl (C=O) groups excluding carboxylic acids is 1. The molecular weight excluding hydrogens is 192 g/mol. The van der Waals surface area contributed by atoms with Crippen molar-refractivity contribution < 1.29 is 4.79 Å². The highest BCUT2D eigenvalue weighted by molar-refractivity contribution is 5.92. The van der Waals surface area contributed by atoms with E-state index in [1.165, 1.54) is 4.80 Å². The molecule has 0 atom stereocenters. The minimum Gasteiger partial charge on any atom is -0.326 e. The van der Waals surface area contributed by atoms with E-state index in [0.717, 1.165) is 16.7 Å². The molecule has 78 valence electrons. The fraction of sp³-hybridized carbons (Fsp3) is 0.300. The van der Waals surface area contributed by atoms with E-state index >= 15 is 0 Å². The van der Waals surface area contributed by atoms with E-state index in [9.17, 15) is 4.79 Å². The molecule has 1 heterocycles. The minimum atomic E-state index is -0.00163. The zero-order chi connectivity index (χ0) is 10.8. The number of aromatic nitrogens is 3. The average Bonchev–Trinajstić information content (AvgIpc) is 2.57. The van der Waals surface area contributed by atoms with E-state index < -0.39 is 0 Å². The second kappa shape index (κ2) is 3.68. The summed E-state index contributed by atoms with van der Waals surface area (Å²) in [5.74, 6) is -0.00163. The van der Waals surface area contributed by atoms with E-state index in [0.29, 0.717) is 6.42 Å². The van der Waals surface area contributed by atoms with E-state index in [4.69, 9.17) is 0 Å². The standard InChI is InChI=1S/C10H12N4O/c1-3-10(15)11-7-4-5-8-9(6-7)13-14(2)12-8/h4-6H,3H2,1-2H3,(H,11,15). The largest absolute Gasteiger partial charge is 0.326 e. The molecule has 0 fully saturated rings. The average molecular weight is 204 g/mol. The molecule has 0 aliphatic heterocycles. The maximum absolute atomic E-state index is 11.2. The Morgan fingerprint density at radius 2 is 2.13 bits per heavy atom. The van der Waals surface area contributed by atoms with Gasteiger partial charge in [0.15, 0.2) is 0 Å². The van der Waals surface area contributed by atoms with Crippen LogP contribution in [0.4, 0.5) is 5.69 Å². The summed E-state index contributed by atoms with van der Waals surface area (Å²) in [6.07, 6.45) is 0.471. The molecule has 0 unspecified atom stereocenters. The summed E-state index contributed by atoms with van der Waals surface area (Å²) in [4.78, 5) is 12.7. The molecule has 5 nitrogen and oxygen atoms in total. The Morgan fingerprint density at radius 3 is 2.87 bits per heavy atom. The van der Waals surface area contributed by atoms with Gasteiger partial charge in [0.25, 0.3) is 0 Å². The number of amides is 1. The summed E-state index contributed by atoms with van der Waals surface area (Å²) < 4.78 is 0. The van der Waals surface area contributed by atoms with Crippen LogP contribution in [0, 0.1) is 0 Å². The van der Waals surface area contributed by atoms with Crippen molar-refractivity contribution in [1.82, 2.24) is 15.0 Å². The molecular formula is C10H12N4O. The number of anilines is 1. The van der Waals surface area contributed by atoms with Crippen molar-refractivity contribution in [2.75, 3.05) is 5.32 Å². The molecule has 1 amide bonds. The van der Waals surface area contributed by atoms with Crippen molar-refractivity contribution in [3.05, 3.63) is 18.2 Å². The van der Waals surface area contributed by atoms with Crippen LogP contribution in [0.1, 0.15) is 13.3 Å². The van der Waals surface area contributed by atoms with Crippen molar-refractivity contribution in [2.24, 2.45) is 7.05 Å². The first-order chi connectivity index (χ1) is 7.19. The van der Waals surface area contributed by atoms with Gasteiger partial charge in [0.05, 0.1) is 0 Å². The van der Waals surface area contributed by atoms with Gasteiger partial charge in [0, 0.05) is 19.2 Å². The molecule has 0 aliphatic rings. The van der Waals surface area contributed by atoms with Gasteiger partial charge < -0.3 is 5.32 Å². The van der Waals surface area contributed by atoms with Crippen LogP contribution in [-0.2, 0) is 11.8 Å². The third kappa shape index (κ3) is 1.96. The molecule has 0 saturated carbocycles. The molecule has 1 aromatic carbocycles. The number of hydrogen-bond donors (Lipinski definition) is 1. The SMILES string of the molecule is CCC(=O)Nc1ccc2nn(C)nc2c1. The van der Waals surface area contributed by atoms with Crippen LogP contribution in [0.3, 0.4) is 0 Å². The molecule has 0 bridgehead atoms. The smallest absolute Gasteiger partial charge is 0.224 e. The Labute approximate surface area is 87.1 Å². The van der Waals surface area contributed by atoms with Gasteiger partial charge in [-0.15, -0.1) is 0 Å². The van der Waals surface area contributed by atoms with E-state index in [2.05, 4.69) is 15.5 Å². The number of aryl methyl sites for hydroxylation is 1. The molecule has 0 spiro atoms. The van der Waals surface area contributed by atoms with E-state index in [1.807, 2.05) is 25.1 Å². The lowest BCUT2D eigenvalue weighted by Gasteiger charge is -2.01. The molecule has 2 aromatic rings. The lowest BCUT2D eigenvalue weighted by molar-refractivity contribution is -0.115. The molecule has 5 heteroatoms. The first-order valence-electron chi connectivity index (χ1n) is 4.80. The Balaban J connectivity index is 2.33. The van der Waals surface area contributed by atoms with Crippen molar-refractivity contribution in [1.29, 1.82) is 0 Å². The number of benzene rings is 1. The third-order valence-electron chi connectivity index (χ3n) is 2.09. The molecule has 1 aromatic heterocycles. The number of fused-ring (bicyclic) bond motifs is 1. The molecule has 2 rings (SSSR count). The highest BCUT2D eigenvalue weighted by Gasteiger charge is 2.03. The predicted molar refractivity (Wildman–Crippen MR) is 57.4 cm³/mol. The van der Waals surface area contributed by atoms with E-state index in [1.54, 1.807) is 7.05 Å². The molecule has 1 N–H and O–H groups in total. The zero-order valence-electron chi connectivity index (χ0n) is 8.69. The third-order valence-corrected chi connectivity index (χ3v) is 2.09. The molecule has 0 aliphatic carbocycles. The number of nitrogens with zero attached hydrogens (tertiary/aromatic N) is 3. The lowest BCUT2D eigenvalue weighted by Crippen LogP contribution is -2.09. The number of hydrogen-bond acceptors (Lipinski definition) is 3. The van der Waals surface area contributed by atoms with Gasteiger partial charge in [-0.05, 0) is 18.2 Å². The topological polar surface area (TPSA) is 59.8 Å². The predicted octanol–water partition coefficient (Wildman–Crippen LogP) is 1.32. The monoisotopic (exact) mass is 204 g/mol. The molecule has 0 radical (unpaired) electrons. The normalized spacial score (nSPS) is 10.5. The Morgan fingerprint density at radius 1 is 1.40 bits per heavy atom. The summed E-state index contributed by atoms with van der Waals surface area (Å²) in [5, 5.41) is 11.1. The Hall–Kier alpha value is -1.91. The van der Waals surface area contributed by atoms with Crippen LogP contribution in [-0.4, -0.2) is 20.9 Å². The molecule has 0 saturated heterocycles. The van der Waals surface area contributed by atoms with Gasteiger partial charge in [-0.25, -0.2) is 0 Å². The fourth-order valence-electron chi connectivity index (χ4n) is 1.35. The Bertz CT molecular complexity index is 503. The van der Waals surface area contributed by atoms with Crippen LogP contribution < -0.4 is 5.32 Å². The summed E-state index contributed by atoms with van der Waals surface area (Å²) in [5.41, 5.74) is 2.37. The minimum absolute atomic E-state index is 0.00163. The van der Waals surface area contributed by atoms with Crippen molar-refractivity contribution in [3.63, 3.8) is 0 Å². The fourth-order valence-corrected chi connectivity index (χ4v) is 1.35. The first kappa shape index (κ1) is 9.64. The van der Waals surface area contributed by atoms with Crippen LogP contribution in [0.25, 0.3) is 11.0 Å². The van der Waals surface area contributed by atoms with Crippen LogP contribution in [0.15, 0.2) is 18.2 Å². The summed E-state index contributed by atoms with van der Waals surface area (Å²) >= 11 is 0.